The minimum absolute atomic E-state index is 0.125. The Morgan fingerprint density at radius 1 is 0.479 bits per heavy atom. The van der Waals surface area contributed by atoms with Crippen LogP contribution in [-0.2, 0) is 115 Å². The molecular formula is C32H55N3O34S2. The topological polar surface area (TPSA) is 549 Å². The number of aliphatic hydroxyl groups is 6. The number of carbonyl (C=O) groups excluding carboxylic acids is 2. The maximum Gasteiger partial charge on any atom is 0.397 e. The summed E-state index contributed by atoms with van der Waals surface area (Å²) in [5.74, 6) is 0. The smallest absolute Gasteiger partial charge is 0.397 e. The predicted octanol–water partition coefficient (Wildman–Crippen LogP) is -9.17. The average molecular weight is 1090 g/mol. The highest BCUT2D eigenvalue weighted by atomic mass is 32.3. The van der Waals surface area contributed by atoms with Crippen molar-refractivity contribution in [1.82, 2.24) is 0 Å². The fourth-order valence-electron chi connectivity index (χ4n) is 7.90. The van der Waals surface area contributed by atoms with E-state index in [0.29, 0.717) is 0 Å². The number of nitrogens with two attached hydrogens (primary N) is 3. The molecule has 39 heteroatoms. The average Bonchev–Trinajstić information content (AvgIpc) is 3.31. The van der Waals surface area contributed by atoms with Crippen LogP contribution in [0.2, 0.25) is 0 Å². The van der Waals surface area contributed by atoms with Gasteiger partial charge in [0.15, 0.2) is 49.8 Å². The largest absolute Gasteiger partial charge is 0.435 e. The number of rotatable bonds is 24. The Bertz CT molecular complexity index is 1900. The number of ether oxygens (including phenoxy) is 12. The first-order valence-electron chi connectivity index (χ1n) is 20.6. The van der Waals surface area contributed by atoms with Gasteiger partial charge in [-0.15, -0.1) is 0 Å². The van der Waals surface area contributed by atoms with Crippen molar-refractivity contribution < 1.29 is 162 Å². The van der Waals surface area contributed by atoms with Gasteiger partial charge in [-0.3, -0.25) is 18.7 Å². The molecule has 5 saturated heterocycles. The van der Waals surface area contributed by atoms with Gasteiger partial charge in [0.25, 0.3) is 12.9 Å². The lowest BCUT2D eigenvalue weighted by molar-refractivity contribution is -0.539. The molecule has 5 aliphatic rings. The summed E-state index contributed by atoms with van der Waals surface area (Å²) in [6, 6.07) is -4.87. The van der Waals surface area contributed by atoms with Gasteiger partial charge in [0.05, 0.1) is 37.4 Å². The third-order valence-electron chi connectivity index (χ3n) is 11.4. The number of hydrogen-bond acceptors (Lipinski definition) is 35. The van der Waals surface area contributed by atoms with Crippen molar-refractivity contribution in [2.45, 2.75) is 167 Å². The first-order valence-corrected chi connectivity index (χ1v) is 23.3. The summed E-state index contributed by atoms with van der Waals surface area (Å²) in [6.45, 7) is -1.03. The van der Waals surface area contributed by atoms with Crippen LogP contribution < -0.4 is 17.2 Å². The molecule has 5 fully saturated rings. The number of hydrogen-bond donors (Lipinski definition) is 13. The Morgan fingerprint density at radius 2 is 0.944 bits per heavy atom. The molecule has 0 aromatic rings. The van der Waals surface area contributed by atoms with Crippen LogP contribution >= 0.6 is 0 Å². The van der Waals surface area contributed by atoms with Gasteiger partial charge in [-0.05, 0) is 6.42 Å². The molecule has 414 valence electrons. The molecule has 0 radical (unpaired) electrons. The molecule has 0 spiro atoms. The summed E-state index contributed by atoms with van der Waals surface area (Å²) < 4.78 is 138. The summed E-state index contributed by atoms with van der Waals surface area (Å²) in [5, 5.41) is 92.4. The van der Waals surface area contributed by atoms with Crippen molar-refractivity contribution in [2.24, 2.45) is 17.2 Å². The lowest BCUT2D eigenvalue weighted by Crippen LogP contribution is -2.69. The Hall–Kier alpha value is -2.32. The standard InChI is InChI=1S/C32H55N3O34S2/c1-3-8-21(61-29-18(42)17(41)23(30(64-29)53-6-36)62-27-11(33)15(39)14(38)9(58-27)4-55-70(46,47)48)22(66-68-44)13(35)28(57-8)63-24-19(43)25(67-69-45)32(65-31(24)54-7-37)60-20-10(5-56-71(49,50)51)59-26(52-2)12(34)16(20)40/h6-32,38-45H,3-5,33-35H2,1-2H3,(H,46,47,48)(H,49,50,51)/t8?,9?,10?,11?,12?,13?,14-,15-,16-,17-,18?,19-,20-,21-,22-,23+,24?,25+,26+,27-,28+,29-,30?,31?,32?/m1/s1. The highest BCUT2D eigenvalue weighted by molar-refractivity contribution is 7.81. The first-order chi connectivity index (χ1) is 33.4. The van der Waals surface area contributed by atoms with E-state index in [1.54, 1.807) is 0 Å². The molecule has 25 atom stereocenters. The van der Waals surface area contributed by atoms with Gasteiger partial charge < -0.3 is 105 Å². The van der Waals surface area contributed by atoms with E-state index in [4.69, 9.17) is 92.9 Å². The number of aliphatic hydroxyl groups excluding tert-OH is 6. The quantitative estimate of drug-likeness (QED) is 0.0185. The zero-order chi connectivity index (χ0) is 52.7. The SMILES string of the molecule is CCC1O[C@@H](OC2C(OC=O)OC(O[C@@H]3C(COS(=O)(=O)O)O[C@H](OC)C(N)[C@H]3O)[C@@H](OOO)[C@@H]2O)C(N)[C@@H](OOO)[C@@H]1O[C@@H]1OC(OC=O)[C@@H](O[C@H]2OC(COS(=O)(=O)O)[C@@H](O)[C@H](O)C2N)[C@H](O)C1O. The van der Waals surface area contributed by atoms with Crippen LogP contribution in [0.15, 0.2) is 0 Å². The van der Waals surface area contributed by atoms with Crippen LogP contribution in [0, 0.1) is 0 Å². The molecule has 0 bridgehead atoms. The van der Waals surface area contributed by atoms with Crippen LogP contribution in [0.4, 0.5) is 0 Å². The van der Waals surface area contributed by atoms with Crippen LogP contribution in [0.3, 0.4) is 0 Å². The van der Waals surface area contributed by atoms with Crippen molar-refractivity contribution in [3.05, 3.63) is 0 Å². The van der Waals surface area contributed by atoms with E-state index < -0.39 is 188 Å². The Labute approximate surface area is 399 Å². The molecule has 5 aliphatic heterocycles. The summed E-state index contributed by atoms with van der Waals surface area (Å²) in [5.41, 5.74) is 18.3. The summed E-state index contributed by atoms with van der Waals surface area (Å²) >= 11 is 0. The molecule has 16 N–H and O–H groups in total. The molecule has 5 heterocycles. The first kappa shape index (κ1) is 59.6. The van der Waals surface area contributed by atoms with Crippen molar-refractivity contribution in [2.75, 3.05) is 20.3 Å². The van der Waals surface area contributed by atoms with E-state index in [0.717, 1.165) is 7.11 Å². The normalized spacial score (nSPS) is 44.7. The summed E-state index contributed by atoms with van der Waals surface area (Å²) in [6.07, 6.45) is -42.1. The Kier molecular flexibility index (Phi) is 21.8. The van der Waals surface area contributed by atoms with Gasteiger partial charge in [0.1, 0.15) is 67.1 Å². The van der Waals surface area contributed by atoms with Gasteiger partial charge in [-0.2, -0.15) is 26.6 Å². The van der Waals surface area contributed by atoms with E-state index >= 15 is 0 Å². The van der Waals surface area contributed by atoms with Gasteiger partial charge in [-0.25, -0.2) is 18.9 Å². The number of carbonyl (C=O) groups is 2. The molecule has 5 rings (SSSR count). The Morgan fingerprint density at radius 3 is 1.48 bits per heavy atom. The third-order valence-corrected chi connectivity index (χ3v) is 12.3. The van der Waals surface area contributed by atoms with E-state index in [9.17, 15) is 67.6 Å². The number of methoxy groups -OCH3 is 1. The minimum Gasteiger partial charge on any atom is -0.435 e. The van der Waals surface area contributed by atoms with Gasteiger partial charge >= 0.3 is 20.8 Å². The second-order valence-electron chi connectivity index (χ2n) is 15.8. The Balaban J connectivity index is 1.33. The van der Waals surface area contributed by atoms with Crippen LogP contribution in [0.5, 0.6) is 0 Å². The fraction of sp³-hybridized carbons (Fsp3) is 0.938. The molecule has 0 aromatic carbocycles. The van der Waals surface area contributed by atoms with Crippen LogP contribution in [0.25, 0.3) is 0 Å². The lowest BCUT2D eigenvalue weighted by Gasteiger charge is -2.49. The molecule has 71 heavy (non-hydrogen) atoms. The van der Waals surface area contributed by atoms with Gasteiger partial charge in [0.2, 0.25) is 12.6 Å². The van der Waals surface area contributed by atoms with E-state index in [2.05, 4.69) is 18.4 Å². The summed E-state index contributed by atoms with van der Waals surface area (Å²) in [4.78, 5) is 33.1. The molecule has 0 aliphatic carbocycles. The maximum absolute atomic E-state index is 11.7. The maximum atomic E-state index is 11.7. The molecule has 11 unspecified atom stereocenters. The van der Waals surface area contributed by atoms with Crippen LogP contribution in [-0.4, -0.2) is 254 Å². The fourth-order valence-corrected chi connectivity index (χ4v) is 8.51. The predicted molar refractivity (Wildman–Crippen MR) is 207 cm³/mol. The molecule has 0 aromatic heterocycles. The van der Waals surface area contributed by atoms with Gasteiger partial charge in [-0.1, -0.05) is 17.0 Å². The molecule has 37 nitrogen and oxygen atoms in total. The summed E-state index contributed by atoms with van der Waals surface area (Å²) in [7, 11) is -9.08. The lowest BCUT2D eigenvalue weighted by atomic mass is 9.94. The van der Waals surface area contributed by atoms with Crippen molar-refractivity contribution in [1.29, 1.82) is 0 Å². The monoisotopic (exact) mass is 1090 g/mol. The zero-order valence-corrected chi connectivity index (χ0v) is 38.2. The highest BCUT2D eigenvalue weighted by Crippen LogP contribution is 2.37. The molecule has 0 amide bonds. The third kappa shape index (κ3) is 14.5. The van der Waals surface area contributed by atoms with E-state index in [1.807, 2.05) is 0 Å². The second-order valence-corrected chi connectivity index (χ2v) is 17.9. The van der Waals surface area contributed by atoms with Crippen LogP contribution in [0.1, 0.15) is 13.3 Å². The second kappa shape index (κ2) is 26.0. The molecule has 0 saturated carbocycles. The van der Waals surface area contributed by atoms with Gasteiger partial charge in [0, 0.05) is 7.11 Å². The molecular weight excluding hydrogens is 1030 g/mol. The van der Waals surface area contributed by atoms with Crippen molar-refractivity contribution >= 4 is 33.7 Å². The highest BCUT2D eigenvalue weighted by Gasteiger charge is 2.58. The zero-order valence-electron chi connectivity index (χ0n) is 36.5. The van der Waals surface area contributed by atoms with E-state index in [1.165, 1.54) is 6.92 Å². The van der Waals surface area contributed by atoms with Crippen molar-refractivity contribution in [3.63, 3.8) is 0 Å². The van der Waals surface area contributed by atoms with E-state index in [-0.39, 0.29) is 19.4 Å². The minimum atomic E-state index is -5.12. The van der Waals surface area contributed by atoms with Crippen molar-refractivity contribution in [3.8, 4) is 0 Å².